The summed E-state index contributed by atoms with van der Waals surface area (Å²) in [5.41, 5.74) is 2.21. The maximum Gasteiger partial charge on any atom is 0.243 e. The Labute approximate surface area is 149 Å². The molecule has 0 aliphatic carbocycles. The number of tetrazole rings is 1. The van der Waals surface area contributed by atoms with Crippen molar-refractivity contribution in [3.63, 3.8) is 0 Å². The van der Waals surface area contributed by atoms with Crippen LogP contribution in [0.2, 0.25) is 0 Å². The van der Waals surface area contributed by atoms with Gasteiger partial charge in [0.1, 0.15) is 5.75 Å². The predicted molar refractivity (Wildman–Crippen MR) is 92.5 cm³/mol. The molecule has 0 saturated carbocycles. The molecule has 8 nitrogen and oxygen atoms in total. The van der Waals surface area contributed by atoms with Crippen molar-refractivity contribution in [2.24, 2.45) is 0 Å². The van der Waals surface area contributed by atoms with Gasteiger partial charge in [0.05, 0.1) is 19.2 Å². The SMILES string of the molecule is COc1cccc([C@@H]2C[C@@H](c3ccc4c(c3)OCO4)Nc3nnnn32)c1. The molecule has 3 aromatic rings. The fraction of sp³-hybridized carbons (Fsp3) is 0.278. The zero-order chi connectivity index (χ0) is 17.5. The normalized spacial score (nSPS) is 20.3. The summed E-state index contributed by atoms with van der Waals surface area (Å²) in [4.78, 5) is 0. The van der Waals surface area contributed by atoms with Crippen molar-refractivity contribution in [3.05, 3.63) is 53.6 Å². The van der Waals surface area contributed by atoms with Crippen LogP contribution in [-0.4, -0.2) is 34.1 Å². The maximum absolute atomic E-state index is 5.51. The fourth-order valence-electron chi connectivity index (χ4n) is 3.51. The zero-order valence-corrected chi connectivity index (χ0v) is 14.1. The number of nitrogens with zero attached hydrogens (tertiary/aromatic N) is 4. The summed E-state index contributed by atoms with van der Waals surface area (Å²) in [6.45, 7) is 0.265. The molecular weight excluding hydrogens is 334 g/mol. The van der Waals surface area contributed by atoms with Crippen LogP contribution in [0.1, 0.15) is 29.6 Å². The second kappa shape index (κ2) is 5.91. The third-order valence-corrected chi connectivity index (χ3v) is 4.83. The van der Waals surface area contributed by atoms with Gasteiger partial charge in [-0.2, -0.15) is 0 Å². The Balaban J connectivity index is 1.52. The van der Waals surface area contributed by atoms with Crippen molar-refractivity contribution < 1.29 is 14.2 Å². The minimum atomic E-state index is 0.00627. The lowest BCUT2D eigenvalue weighted by Crippen LogP contribution is -2.28. The topological polar surface area (TPSA) is 83.3 Å². The minimum Gasteiger partial charge on any atom is -0.497 e. The number of ether oxygens (including phenoxy) is 3. The molecule has 0 spiro atoms. The number of nitrogens with one attached hydrogen (secondary N) is 1. The Morgan fingerprint density at radius 3 is 2.96 bits per heavy atom. The average Bonchev–Trinajstić information content (AvgIpc) is 3.35. The van der Waals surface area contributed by atoms with E-state index in [1.807, 2.05) is 41.1 Å². The first-order valence-corrected chi connectivity index (χ1v) is 8.40. The van der Waals surface area contributed by atoms with Crippen LogP contribution in [0, 0.1) is 0 Å². The zero-order valence-electron chi connectivity index (χ0n) is 14.1. The van der Waals surface area contributed by atoms with Crippen LogP contribution in [0.5, 0.6) is 17.2 Å². The van der Waals surface area contributed by atoms with Crippen molar-refractivity contribution in [2.75, 3.05) is 19.2 Å². The quantitative estimate of drug-likeness (QED) is 0.776. The second-order valence-corrected chi connectivity index (χ2v) is 6.28. The largest absolute Gasteiger partial charge is 0.497 e. The molecule has 132 valence electrons. The van der Waals surface area contributed by atoms with Gasteiger partial charge in [0, 0.05) is 0 Å². The van der Waals surface area contributed by atoms with Crippen LogP contribution >= 0.6 is 0 Å². The summed E-state index contributed by atoms with van der Waals surface area (Å²) in [6, 6.07) is 14.1. The lowest BCUT2D eigenvalue weighted by atomic mass is 9.93. The molecule has 26 heavy (non-hydrogen) atoms. The van der Waals surface area contributed by atoms with Crippen LogP contribution < -0.4 is 19.5 Å². The molecule has 0 fully saturated rings. The molecule has 2 aliphatic rings. The van der Waals surface area contributed by atoms with Gasteiger partial charge in [-0.25, -0.2) is 4.68 Å². The maximum atomic E-state index is 5.51. The van der Waals surface area contributed by atoms with Crippen LogP contribution in [0.15, 0.2) is 42.5 Å². The van der Waals surface area contributed by atoms with Crippen molar-refractivity contribution in [3.8, 4) is 17.2 Å². The summed E-state index contributed by atoms with van der Waals surface area (Å²) < 4.78 is 18.1. The highest BCUT2D eigenvalue weighted by molar-refractivity contribution is 5.47. The fourth-order valence-corrected chi connectivity index (χ4v) is 3.51. The third kappa shape index (κ3) is 2.42. The van der Waals surface area contributed by atoms with Gasteiger partial charge in [-0.3, -0.25) is 0 Å². The van der Waals surface area contributed by atoms with Crippen molar-refractivity contribution in [1.82, 2.24) is 20.2 Å². The standard InChI is InChI=1S/C18H17N5O3/c1-24-13-4-2-3-12(7-13)15-9-14(19-18-20-21-22-23(15)18)11-5-6-16-17(8-11)26-10-25-16/h2-8,14-15H,9-10H2,1H3,(H,19,20,22)/t14-,15-/m0/s1. The van der Waals surface area contributed by atoms with Crippen molar-refractivity contribution in [2.45, 2.75) is 18.5 Å². The number of rotatable bonds is 3. The van der Waals surface area contributed by atoms with Crippen LogP contribution in [-0.2, 0) is 0 Å². The van der Waals surface area contributed by atoms with E-state index in [1.54, 1.807) is 7.11 Å². The van der Waals surface area contributed by atoms with Gasteiger partial charge in [0.25, 0.3) is 0 Å². The summed E-state index contributed by atoms with van der Waals surface area (Å²) in [5, 5.41) is 15.5. The molecule has 8 heteroatoms. The van der Waals surface area contributed by atoms with Crippen molar-refractivity contribution >= 4 is 5.95 Å². The van der Waals surface area contributed by atoms with Gasteiger partial charge >= 0.3 is 0 Å². The minimum absolute atomic E-state index is 0.00627. The molecule has 0 bridgehead atoms. The lowest BCUT2D eigenvalue weighted by Gasteiger charge is -2.31. The second-order valence-electron chi connectivity index (χ2n) is 6.28. The van der Waals surface area contributed by atoms with E-state index < -0.39 is 0 Å². The Morgan fingerprint density at radius 1 is 1.12 bits per heavy atom. The highest BCUT2D eigenvalue weighted by atomic mass is 16.7. The number of benzene rings is 2. The van der Waals surface area contributed by atoms with Gasteiger partial charge in [0.15, 0.2) is 11.5 Å². The van der Waals surface area contributed by atoms with E-state index in [4.69, 9.17) is 14.2 Å². The van der Waals surface area contributed by atoms with Crippen LogP contribution in [0.4, 0.5) is 5.95 Å². The van der Waals surface area contributed by atoms with Gasteiger partial charge in [0.2, 0.25) is 12.7 Å². The van der Waals surface area contributed by atoms with E-state index in [-0.39, 0.29) is 18.9 Å². The molecule has 2 atom stereocenters. The molecule has 5 rings (SSSR count). The van der Waals surface area contributed by atoms with E-state index in [0.29, 0.717) is 5.95 Å². The predicted octanol–water partition coefficient (Wildman–Crippen LogP) is 2.56. The highest BCUT2D eigenvalue weighted by Gasteiger charge is 2.31. The van der Waals surface area contributed by atoms with E-state index >= 15 is 0 Å². The molecule has 3 heterocycles. The number of hydrogen-bond donors (Lipinski definition) is 1. The van der Waals surface area contributed by atoms with Crippen molar-refractivity contribution in [1.29, 1.82) is 0 Å². The van der Waals surface area contributed by atoms with Gasteiger partial charge in [-0.1, -0.05) is 23.3 Å². The van der Waals surface area contributed by atoms with Gasteiger partial charge in [-0.05, 0) is 52.2 Å². The molecule has 2 aliphatic heterocycles. The smallest absolute Gasteiger partial charge is 0.243 e. The molecule has 0 saturated heterocycles. The molecule has 0 unspecified atom stereocenters. The van der Waals surface area contributed by atoms with Crippen LogP contribution in [0.3, 0.4) is 0 Å². The highest BCUT2D eigenvalue weighted by Crippen LogP contribution is 2.41. The molecule has 0 radical (unpaired) electrons. The average molecular weight is 351 g/mol. The molecule has 0 amide bonds. The number of aromatic nitrogens is 4. The van der Waals surface area contributed by atoms with Crippen LogP contribution in [0.25, 0.3) is 0 Å². The van der Waals surface area contributed by atoms with Gasteiger partial charge in [-0.15, -0.1) is 0 Å². The van der Waals surface area contributed by atoms with Gasteiger partial charge < -0.3 is 19.5 Å². The first kappa shape index (κ1) is 15.0. The van der Waals surface area contributed by atoms with E-state index in [2.05, 4.69) is 26.9 Å². The number of anilines is 1. The monoisotopic (exact) mass is 351 g/mol. The first-order valence-electron chi connectivity index (χ1n) is 8.40. The summed E-state index contributed by atoms with van der Waals surface area (Å²) >= 11 is 0. The van der Waals surface area contributed by atoms with E-state index in [0.717, 1.165) is 34.8 Å². The van der Waals surface area contributed by atoms with E-state index in [9.17, 15) is 0 Å². The Kier molecular flexibility index (Phi) is 3.41. The number of hydrogen-bond acceptors (Lipinski definition) is 7. The lowest BCUT2D eigenvalue weighted by molar-refractivity contribution is 0.174. The first-order chi connectivity index (χ1) is 12.8. The van der Waals surface area contributed by atoms with E-state index in [1.165, 1.54) is 0 Å². The number of methoxy groups -OCH3 is 1. The summed E-state index contributed by atoms with van der Waals surface area (Å²) in [6.07, 6.45) is 0.796. The Bertz CT molecular complexity index is 958. The molecule has 1 N–H and O–H groups in total. The molecule has 1 aromatic heterocycles. The molecular formula is C18H17N5O3. The molecule has 2 aromatic carbocycles. The Hall–Kier alpha value is -3.29. The Morgan fingerprint density at radius 2 is 2.04 bits per heavy atom. The summed E-state index contributed by atoms with van der Waals surface area (Å²) in [5.74, 6) is 3.01. The summed E-state index contributed by atoms with van der Waals surface area (Å²) in [7, 11) is 1.67. The number of fused-ring (bicyclic) bond motifs is 2. The third-order valence-electron chi connectivity index (χ3n) is 4.83.